The Bertz CT molecular complexity index is 924. The third-order valence-electron chi connectivity index (χ3n) is 3.46. The number of nitrogens with zero attached hydrogens (tertiary/aromatic N) is 1. The first-order chi connectivity index (χ1) is 12.4. The second-order valence-corrected chi connectivity index (χ2v) is 5.82. The molecule has 0 amide bonds. The zero-order chi connectivity index (χ0) is 18.6. The SMILES string of the molecule is FC(F)(F)c1ccc(Cl)c(N=Cc2cccc(Oc3ccccc3)c2)c1. The molecule has 0 spiro atoms. The van der Waals surface area contributed by atoms with E-state index in [0.29, 0.717) is 17.1 Å². The fraction of sp³-hybridized carbons (Fsp3) is 0.0500. The van der Waals surface area contributed by atoms with Crippen molar-refractivity contribution >= 4 is 23.5 Å². The average molecular weight is 376 g/mol. The van der Waals surface area contributed by atoms with Crippen molar-refractivity contribution in [3.8, 4) is 11.5 Å². The number of hydrogen-bond acceptors (Lipinski definition) is 2. The molecule has 0 saturated carbocycles. The van der Waals surface area contributed by atoms with Crippen LogP contribution >= 0.6 is 11.6 Å². The maximum Gasteiger partial charge on any atom is 0.416 e. The Labute approximate surface area is 153 Å². The number of para-hydroxylation sites is 1. The predicted octanol–water partition coefficient (Wildman–Crippen LogP) is 6.90. The molecule has 0 heterocycles. The molecule has 0 aliphatic rings. The second-order valence-electron chi connectivity index (χ2n) is 5.41. The van der Waals surface area contributed by atoms with Gasteiger partial charge in [-0.3, -0.25) is 4.99 Å². The van der Waals surface area contributed by atoms with Gasteiger partial charge in [-0.25, -0.2) is 0 Å². The molecule has 3 aromatic carbocycles. The van der Waals surface area contributed by atoms with E-state index in [1.165, 1.54) is 12.3 Å². The van der Waals surface area contributed by atoms with E-state index in [-0.39, 0.29) is 10.7 Å². The Hall–Kier alpha value is -2.79. The fourth-order valence-electron chi connectivity index (χ4n) is 2.21. The van der Waals surface area contributed by atoms with Gasteiger partial charge in [0.2, 0.25) is 0 Å². The first-order valence-electron chi connectivity index (χ1n) is 7.65. The smallest absolute Gasteiger partial charge is 0.416 e. The summed E-state index contributed by atoms with van der Waals surface area (Å²) in [5.41, 5.74) is -0.0713. The highest BCUT2D eigenvalue weighted by Crippen LogP contribution is 2.35. The summed E-state index contributed by atoms with van der Waals surface area (Å²) < 4.78 is 44.2. The monoisotopic (exact) mass is 375 g/mol. The molecule has 3 rings (SSSR count). The second kappa shape index (κ2) is 7.62. The minimum atomic E-state index is -4.45. The number of aliphatic imine (C=N–C) groups is 1. The molecule has 0 radical (unpaired) electrons. The van der Waals surface area contributed by atoms with Crippen LogP contribution in [0.25, 0.3) is 0 Å². The summed E-state index contributed by atoms with van der Waals surface area (Å²) in [5.74, 6) is 1.28. The molecule has 26 heavy (non-hydrogen) atoms. The standard InChI is InChI=1S/C20H13ClF3NO/c21-18-10-9-15(20(22,23)24)12-19(18)25-13-14-5-4-8-17(11-14)26-16-6-2-1-3-7-16/h1-13H. The predicted molar refractivity (Wildman–Crippen MR) is 96.7 cm³/mol. The maximum absolute atomic E-state index is 12.8. The van der Waals surface area contributed by atoms with Gasteiger partial charge in [0.25, 0.3) is 0 Å². The van der Waals surface area contributed by atoms with Crippen LogP contribution in [0.3, 0.4) is 0 Å². The van der Waals surface area contributed by atoms with Gasteiger partial charge in [0.1, 0.15) is 11.5 Å². The molecule has 0 atom stereocenters. The van der Waals surface area contributed by atoms with Crippen molar-refractivity contribution in [3.63, 3.8) is 0 Å². The molecule has 0 aromatic heterocycles. The highest BCUT2D eigenvalue weighted by atomic mass is 35.5. The summed E-state index contributed by atoms with van der Waals surface area (Å²) in [4.78, 5) is 4.09. The Morgan fingerprint density at radius 1 is 0.846 bits per heavy atom. The van der Waals surface area contributed by atoms with Crippen LogP contribution in [0.1, 0.15) is 11.1 Å². The van der Waals surface area contributed by atoms with E-state index in [9.17, 15) is 13.2 Å². The van der Waals surface area contributed by atoms with Gasteiger partial charge in [-0.05, 0) is 48.0 Å². The van der Waals surface area contributed by atoms with Gasteiger partial charge in [0, 0.05) is 6.21 Å². The molecule has 0 saturated heterocycles. The van der Waals surface area contributed by atoms with Crippen molar-refractivity contribution in [2.24, 2.45) is 4.99 Å². The van der Waals surface area contributed by atoms with E-state index in [1.54, 1.807) is 24.3 Å². The number of hydrogen-bond donors (Lipinski definition) is 0. The fourth-order valence-corrected chi connectivity index (χ4v) is 2.38. The molecule has 3 aromatic rings. The zero-order valence-electron chi connectivity index (χ0n) is 13.4. The summed E-state index contributed by atoms with van der Waals surface area (Å²) in [6, 6.07) is 19.3. The van der Waals surface area contributed by atoms with Crippen molar-refractivity contribution in [3.05, 3.63) is 88.9 Å². The van der Waals surface area contributed by atoms with Crippen molar-refractivity contribution in [1.29, 1.82) is 0 Å². The van der Waals surface area contributed by atoms with Crippen LogP contribution in [-0.4, -0.2) is 6.21 Å². The van der Waals surface area contributed by atoms with Gasteiger partial charge in [-0.2, -0.15) is 13.2 Å². The van der Waals surface area contributed by atoms with Crippen molar-refractivity contribution in [2.45, 2.75) is 6.18 Å². The zero-order valence-corrected chi connectivity index (χ0v) is 14.1. The van der Waals surface area contributed by atoms with Crippen LogP contribution < -0.4 is 4.74 Å². The number of rotatable bonds is 4. The highest BCUT2D eigenvalue weighted by molar-refractivity contribution is 6.33. The molecular formula is C20H13ClF3NO. The Morgan fingerprint density at radius 2 is 1.58 bits per heavy atom. The molecule has 0 bridgehead atoms. The van der Waals surface area contributed by atoms with Crippen molar-refractivity contribution in [2.75, 3.05) is 0 Å². The van der Waals surface area contributed by atoms with Gasteiger partial charge in [0.05, 0.1) is 16.3 Å². The molecule has 0 N–H and O–H groups in total. The van der Waals surface area contributed by atoms with Gasteiger partial charge in [0.15, 0.2) is 0 Å². The summed E-state index contributed by atoms with van der Waals surface area (Å²) in [6.07, 6.45) is -3.00. The van der Waals surface area contributed by atoms with E-state index < -0.39 is 11.7 Å². The minimum Gasteiger partial charge on any atom is -0.457 e. The summed E-state index contributed by atoms with van der Waals surface area (Å²) >= 11 is 5.95. The van der Waals surface area contributed by atoms with Gasteiger partial charge < -0.3 is 4.74 Å². The minimum absolute atomic E-state index is 0.0517. The normalized spacial score (nSPS) is 11.7. The number of ether oxygens (including phenoxy) is 1. The maximum atomic E-state index is 12.8. The lowest BCUT2D eigenvalue weighted by Crippen LogP contribution is -2.04. The number of halogens is 4. The van der Waals surface area contributed by atoms with E-state index in [4.69, 9.17) is 16.3 Å². The van der Waals surface area contributed by atoms with E-state index in [2.05, 4.69) is 4.99 Å². The van der Waals surface area contributed by atoms with Crippen LogP contribution in [0.15, 0.2) is 77.8 Å². The van der Waals surface area contributed by atoms with Crippen LogP contribution in [0.5, 0.6) is 11.5 Å². The molecule has 0 aliphatic heterocycles. The van der Waals surface area contributed by atoms with Crippen LogP contribution in [0.4, 0.5) is 18.9 Å². The lowest BCUT2D eigenvalue weighted by molar-refractivity contribution is -0.137. The van der Waals surface area contributed by atoms with E-state index in [1.807, 2.05) is 30.3 Å². The molecule has 0 fully saturated rings. The van der Waals surface area contributed by atoms with E-state index in [0.717, 1.165) is 12.1 Å². The van der Waals surface area contributed by atoms with Crippen LogP contribution in [0.2, 0.25) is 5.02 Å². The van der Waals surface area contributed by atoms with Crippen molar-refractivity contribution in [1.82, 2.24) is 0 Å². The Kier molecular flexibility index (Phi) is 5.28. The molecule has 0 unspecified atom stereocenters. The topological polar surface area (TPSA) is 21.6 Å². The first-order valence-corrected chi connectivity index (χ1v) is 8.03. The summed E-state index contributed by atoms with van der Waals surface area (Å²) in [7, 11) is 0. The Balaban J connectivity index is 1.82. The molecule has 0 aliphatic carbocycles. The molecular weight excluding hydrogens is 363 g/mol. The third-order valence-corrected chi connectivity index (χ3v) is 3.78. The summed E-state index contributed by atoms with van der Waals surface area (Å²) in [6.45, 7) is 0. The third kappa shape index (κ3) is 4.64. The Morgan fingerprint density at radius 3 is 2.31 bits per heavy atom. The van der Waals surface area contributed by atoms with Gasteiger partial charge >= 0.3 is 6.18 Å². The lowest BCUT2D eigenvalue weighted by Gasteiger charge is -2.08. The molecule has 2 nitrogen and oxygen atoms in total. The first kappa shape index (κ1) is 18.0. The highest BCUT2D eigenvalue weighted by Gasteiger charge is 2.30. The molecule has 132 valence electrons. The largest absolute Gasteiger partial charge is 0.457 e. The molecule has 6 heteroatoms. The quantitative estimate of drug-likeness (QED) is 0.454. The van der Waals surface area contributed by atoms with Gasteiger partial charge in [-0.1, -0.05) is 41.9 Å². The van der Waals surface area contributed by atoms with E-state index >= 15 is 0 Å². The van der Waals surface area contributed by atoms with Crippen molar-refractivity contribution < 1.29 is 17.9 Å². The number of benzene rings is 3. The summed E-state index contributed by atoms with van der Waals surface area (Å²) in [5, 5.41) is 0.144. The lowest BCUT2D eigenvalue weighted by atomic mass is 10.2. The average Bonchev–Trinajstić information content (AvgIpc) is 2.61. The van der Waals surface area contributed by atoms with Crippen LogP contribution in [-0.2, 0) is 6.18 Å². The number of alkyl halides is 3. The van der Waals surface area contributed by atoms with Crippen LogP contribution in [0, 0.1) is 0 Å². The van der Waals surface area contributed by atoms with Gasteiger partial charge in [-0.15, -0.1) is 0 Å².